The van der Waals surface area contributed by atoms with Crippen LogP contribution in [0.2, 0.25) is 0 Å². The summed E-state index contributed by atoms with van der Waals surface area (Å²) in [6.45, 7) is 5.98. The number of carbonyl (C=O) groups is 1. The van der Waals surface area contributed by atoms with Crippen molar-refractivity contribution in [2.45, 2.75) is 19.8 Å². The van der Waals surface area contributed by atoms with Crippen LogP contribution in [0.3, 0.4) is 0 Å². The number of anilines is 1. The van der Waals surface area contributed by atoms with Crippen LogP contribution in [0.25, 0.3) is 0 Å². The zero-order valence-corrected chi connectivity index (χ0v) is 11.4. The van der Waals surface area contributed by atoms with Crippen LogP contribution in [-0.2, 0) is 4.74 Å². The second-order valence-electron chi connectivity index (χ2n) is 4.64. The molecule has 2 heterocycles. The maximum atomic E-state index is 12.0. The third-order valence-corrected chi connectivity index (χ3v) is 3.18. The monoisotopic (exact) mass is 263 g/mol. The number of hydrogen-bond acceptors (Lipinski definition) is 4. The van der Waals surface area contributed by atoms with Gasteiger partial charge in [0.2, 0.25) is 0 Å². The van der Waals surface area contributed by atoms with Crippen LogP contribution in [-0.4, -0.2) is 43.7 Å². The molecule has 104 valence electrons. The SMILES string of the molecule is CCCCNC(=O)c1cncc(N2CCOCC2)c1. The van der Waals surface area contributed by atoms with Gasteiger partial charge in [-0.15, -0.1) is 0 Å². The van der Waals surface area contributed by atoms with Gasteiger partial charge in [-0.1, -0.05) is 13.3 Å². The molecule has 2 rings (SSSR count). The molecule has 5 nitrogen and oxygen atoms in total. The van der Waals surface area contributed by atoms with Crippen molar-refractivity contribution >= 4 is 11.6 Å². The van der Waals surface area contributed by atoms with Gasteiger partial charge in [-0.2, -0.15) is 0 Å². The highest BCUT2D eigenvalue weighted by molar-refractivity contribution is 5.94. The molecule has 1 aromatic rings. The molecule has 0 unspecified atom stereocenters. The van der Waals surface area contributed by atoms with Gasteiger partial charge < -0.3 is 15.0 Å². The highest BCUT2D eigenvalue weighted by atomic mass is 16.5. The molecule has 5 heteroatoms. The van der Waals surface area contributed by atoms with E-state index in [1.165, 1.54) is 0 Å². The maximum Gasteiger partial charge on any atom is 0.252 e. The highest BCUT2D eigenvalue weighted by Gasteiger charge is 2.13. The summed E-state index contributed by atoms with van der Waals surface area (Å²) in [6.07, 6.45) is 5.49. The summed E-state index contributed by atoms with van der Waals surface area (Å²) in [4.78, 5) is 18.3. The first kappa shape index (κ1) is 13.8. The minimum Gasteiger partial charge on any atom is -0.378 e. The van der Waals surface area contributed by atoms with Crippen molar-refractivity contribution in [1.29, 1.82) is 0 Å². The number of aromatic nitrogens is 1. The van der Waals surface area contributed by atoms with E-state index in [0.29, 0.717) is 5.56 Å². The van der Waals surface area contributed by atoms with Crippen LogP contribution in [0, 0.1) is 0 Å². The molecule has 1 saturated heterocycles. The quantitative estimate of drug-likeness (QED) is 0.817. The number of carbonyl (C=O) groups excluding carboxylic acids is 1. The van der Waals surface area contributed by atoms with Crippen molar-refractivity contribution in [3.63, 3.8) is 0 Å². The van der Waals surface area contributed by atoms with Crippen molar-refractivity contribution in [3.8, 4) is 0 Å². The molecule has 0 aliphatic carbocycles. The maximum absolute atomic E-state index is 12.0. The topological polar surface area (TPSA) is 54.5 Å². The fourth-order valence-electron chi connectivity index (χ4n) is 2.03. The van der Waals surface area contributed by atoms with Crippen molar-refractivity contribution in [3.05, 3.63) is 24.0 Å². The lowest BCUT2D eigenvalue weighted by Crippen LogP contribution is -2.36. The van der Waals surface area contributed by atoms with E-state index in [0.717, 1.165) is 51.4 Å². The molecule has 1 aromatic heterocycles. The van der Waals surface area contributed by atoms with Gasteiger partial charge in [0, 0.05) is 25.8 Å². The number of nitrogens with zero attached hydrogens (tertiary/aromatic N) is 2. The molecule has 0 atom stereocenters. The number of nitrogens with one attached hydrogen (secondary N) is 1. The standard InChI is InChI=1S/C14H21N3O2/c1-2-3-4-16-14(18)12-9-13(11-15-10-12)17-5-7-19-8-6-17/h9-11H,2-8H2,1H3,(H,16,18). The summed E-state index contributed by atoms with van der Waals surface area (Å²) < 4.78 is 5.32. The molecule has 1 N–H and O–H groups in total. The van der Waals surface area contributed by atoms with Crippen LogP contribution < -0.4 is 10.2 Å². The Morgan fingerprint density at radius 2 is 2.21 bits per heavy atom. The first-order valence-corrected chi connectivity index (χ1v) is 6.87. The summed E-state index contributed by atoms with van der Waals surface area (Å²) in [5.74, 6) is -0.0453. The zero-order chi connectivity index (χ0) is 13.5. The van der Waals surface area contributed by atoms with Crippen LogP contribution in [0.5, 0.6) is 0 Å². The van der Waals surface area contributed by atoms with Gasteiger partial charge in [-0.25, -0.2) is 0 Å². The minimum atomic E-state index is -0.0453. The molecule has 1 amide bonds. The van der Waals surface area contributed by atoms with E-state index < -0.39 is 0 Å². The molecule has 1 fully saturated rings. The molecular weight excluding hydrogens is 242 g/mol. The Morgan fingerprint density at radius 1 is 1.42 bits per heavy atom. The van der Waals surface area contributed by atoms with E-state index in [1.807, 2.05) is 6.07 Å². The van der Waals surface area contributed by atoms with Crippen molar-refractivity contribution in [2.24, 2.45) is 0 Å². The highest BCUT2D eigenvalue weighted by Crippen LogP contribution is 2.15. The third kappa shape index (κ3) is 3.92. The van der Waals surface area contributed by atoms with Crippen LogP contribution in [0.4, 0.5) is 5.69 Å². The van der Waals surface area contributed by atoms with Crippen molar-refractivity contribution < 1.29 is 9.53 Å². The summed E-state index contributed by atoms with van der Waals surface area (Å²) in [5.41, 5.74) is 1.62. The number of ether oxygens (including phenoxy) is 1. The summed E-state index contributed by atoms with van der Waals surface area (Å²) >= 11 is 0. The van der Waals surface area contributed by atoms with Gasteiger partial charge in [0.15, 0.2) is 0 Å². The molecule has 0 bridgehead atoms. The first-order chi connectivity index (χ1) is 9.31. The molecular formula is C14H21N3O2. The number of morpholine rings is 1. The van der Waals surface area contributed by atoms with E-state index in [9.17, 15) is 4.79 Å². The average molecular weight is 263 g/mol. The Morgan fingerprint density at radius 3 is 2.95 bits per heavy atom. The number of pyridine rings is 1. The normalized spacial score (nSPS) is 15.3. The van der Waals surface area contributed by atoms with E-state index in [1.54, 1.807) is 12.4 Å². The first-order valence-electron chi connectivity index (χ1n) is 6.87. The summed E-state index contributed by atoms with van der Waals surface area (Å²) in [6, 6.07) is 1.90. The Hall–Kier alpha value is -1.62. The Kier molecular flexibility index (Phi) is 5.15. The number of unbranched alkanes of at least 4 members (excludes halogenated alkanes) is 1. The van der Waals surface area contributed by atoms with Crippen LogP contribution in [0.15, 0.2) is 18.5 Å². The smallest absolute Gasteiger partial charge is 0.252 e. The predicted molar refractivity (Wildman–Crippen MR) is 74.5 cm³/mol. The minimum absolute atomic E-state index is 0.0453. The second kappa shape index (κ2) is 7.09. The van der Waals surface area contributed by atoms with Gasteiger partial charge in [0.1, 0.15) is 0 Å². The molecule has 0 saturated carbocycles. The summed E-state index contributed by atoms with van der Waals surface area (Å²) in [5, 5.41) is 2.91. The largest absolute Gasteiger partial charge is 0.378 e. The predicted octanol–water partition coefficient (Wildman–Crippen LogP) is 1.45. The van der Waals surface area contributed by atoms with Gasteiger partial charge in [-0.05, 0) is 12.5 Å². The lowest BCUT2D eigenvalue weighted by molar-refractivity contribution is 0.0953. The molecule has 1 aliphatic heterocycles. The summed E-state index contributed by atoms with van der Waals surface area (Å²) in [7, 11) is 0. The molecule has 0 aromatic carbocycles. The fraction of sp³-hybridized carbons (Fsp3) is 0.571. The van der Waals surface area contributed by atoms with Crippen LogP contribution in [0.1, 0.15) is 30.1 Å². The lowest BCUT2D eigenvalue weighted by Gasteiger charge is -2.28. The zero-order valence-electron chi connectivity index (χ0n) is 11.4. The van der Waals surface area contributed by atoms with Gasteiger partial charge >= 0.3 is 0 Å². The Balaban J connectivity index is 1.99. The second-order valence-corrected chi connectivity index (χ2v) is 4.64. The van der Waals surface area contributed by atoms with Gasteiger partial charge in [0.25, 0.3) is 5.91 Å². The van der Waals surface area contributed by atoms with Crippen molar-refractivity contribution in [2.75, 3.05) is 37.7 Å². The Labute approximate surface area is 114 Å². The number of hydrogen-bond donors (Lipinski definition) is 1. The molecule has 19 heavy (non-hydrogen) atoms. The third-order valence-electron chi connectivity index (χ3n) is 3.18. The Bertz CT molecular complexity index is 417. The van der Waals surface area contributed by atoms with E-state index >= 15 is 0 Å². The van der Waals surface area contributed by atoms with Gasteiger partial charge in [-0.3, -0.25) is 9.78 Å². The molecule has 0 spiro atoms. The van der Waals surface area contributed by atoms with Crippen molar-refractivity contribution in [1.82, 2.24) is 10.3 Å². The number of amides is 1. The van der Waals surface area contributed by atoms with E-state index in [2.05, 4.69) is 22.1 Å². The fourth-order valence-corrected chi connectivity index (χ4v) is 2.03. The molecule has 0 radical (unpaired) electrons. The average Bonchev–Trinajstić information content (AvgIpc) is 2.48. The molecule has 1 aliphatic rings. The lowest BCUT2D eigenvalue weighted by atomic mass is 10.2. The van der Waals surface area contributed by atoms with Crippen LogP contribution >= 0.6 is 0 Å². The van der Waals surface area contributed by atoms with Gasteiger partial charge in [0.05, 0.1) is 30.7 Å². The van der Waals surface area contributed by atoms with E-state index in [-0.39, 0.29) is 5.91 Å². The van der Waals surface area contributed by atoms with E-state index in [4.69, 9.17) is 4.74 Å². The number of rotatable bonds is 5.